The zero-order chi connectivity index (χ0) is 56.6. The second-order valence-corrected chi connectivity index (χ2v) is 21.0. The number of carboxylic acids is 2. The fourth-order valence-corrected chi connectivity index (χ4v) is 6.39. The van der Waals surface area contributed by atoms with Crippen LogP contribution in [0, 0.1) is 0 Å². The summed E-state index contributed by atoms with van der Waals surface area (Å²) in [5, 5.41) is 82.9. The monoisotopic (exact) mass is 1310 g/mol. The number of rotatable bonds is 0. The van der Waals surface area contributed by atoms with Gasteiger partial charge in [-0.3, -0.25) is 9.59 Å². The van der Waals surface area contributed by atoms with Gasteiger partial charge < -0.3 is 117 Å². The Balaban J connectivity index is -0.000000275. The summed E-state index contributed by atoms with van der Waals surface area (Å²) in [4.78, 5) is 18.0. The molecule has 1 atom stereocenters. The molecule has 1 radical (unpaired) electrons. The first-order valence-electron chi connectivity index (χ1n) is 27.5. The summed E-state index contributed by atoms with van der Waals surface area (Å²) in [5.41, 5.74) is 0. The number of nitrogens with one attached hydrogen (secondary N) is 20. The zero-order valence-electron chi connectivity index (χ0n) is 47.2. The summed E-state index contributed by atoms with van der Waals surface area (Å²) < 4.78 is 0. The third kappa shape index (κ3) is 106. The molecule has 4 rings (SSSR count). The van der Waals surface area contributed by atoms with Crippen LogP contribution in [0.4, 0.5) is 0 Å². The van der Waals surface area contributed by atoms with Crippen molar-refractivity contribution in [2.45, 2.75) is 33.2 Å². The van der Waals surface area contributed by atoms with Gasteiger partial charge in [-0.2, -0.15) is 0 Å². The van der Waals surface area contributed by atoms with Gasteiger partial charge >= 0.3 is 66.7 Å². The molecule has 4 aliphatic heterocycles. The Labute approximate surface area is 506 Å². The fourth-order valence-electron chi connectivity index (χ4n) is 6.39. The topological polar surface area (TPSA) is 315 Å². The third-order valence-electron chi connectivity index (χ3n) is 10.1. The van der Waals surface area contributed by atoms with Crippen LogP contribution in [0.25, 0.3) is 0 Å². The molecule has 22 N–H and O–H groups in total. The van der Waals surface area contributed by atoms with E-state index in [0.29, 0.717) is 6.04 Å². The first-order chi connectivity index (χ1) is 37.2. The fraction of sp³-hybridized carbons (Fsp3) is 0.957. The van der Waals surface area contributed by atoms with Crippen LogP contribution in [0.2, 0.25) is 0 Å². The smallest absolute Gasteiger partial charge is 0 e. The third-order valence-corrected chi connectivity index (χ3v) is 10.1. The molecule has 4 heterocycles. The van der Waals surface area contributed by atoms with Crippen molar-refractivity contribution in [3.63, 3.8) is 0 Å². The van der Waals surface area contributed by atoms with Gasteiger partial charge in [0.2, 0.25) is 0 Å². The van der Waals surface area contributed by atoms with Crippen LogP contribution < -0.4 is 106 Å². The molecule has 4 saturated heterocycles. The van der Waals surface area contributed by atoms with Crippen molar-refractivity contribution in [2.75, 3.05) is 255 Å². The molecule has 4 aliphatic rings. The molecule has 0 aromatic carbocycles. The van der Waals surface area contributed by atoms with Gasteiger partial charge in [-0.25, -0.2) is 0 Å². The summed E-state index contributed by atoms with van der Waals surface area (Å²) in [7, 11) is 19.2. The van der Waals surface area contributed by atoms with Crippen LogP contribution >= 0.6 is 40.4 Å². The molecule has 24 nitrogen and oxygen atoms in total. The van der Waals surface area contributed by atoms with Crippen molar-refractivity contribution in [1.29, 1.82) is 0 Å². The van der Waals surface area contributed by atoms with Crippen molar-refractivity contribution < 1.29 is 63.1 Å². The number of carbonyl (C=O) groups is 2. The van der Waals surface area contributed by atoms with Crippen LogP contribution in [0.1, 0.15) is 27.2 Å². The molecule has 0 amide bonds. The molecular weight excluding hydrogens is 1200 g/mol. The van der Waals surface area contributed by atoms with Gasteiger partial charge in [0, 0.05) is 279 Å². The van der Waals surface area contributed by atoms with Crippen molar-refractivity contribution in [1.82, 2.24) is 106 Å². The van der Waals surface area contributed by atoms with Crippen LogP contribution in [-0.2, 0) is 52.9 Å². The van der Waals surface area contributed by atoms with Gasteiger partial charge in [-0.05, 0) is 26.4 Å². The minimum Gasteiger partial charge on any atom is 0 e. The maximum absolute atomic E-state index is 9.00. The minimum absolute atomic E-state index is 0. The Bertz CT molecular complexity index is 829. The van der Waals surface area contributed by atoms with Crippen LogP contribution in [0.15, 0.2) is 0 Å². The van der Waals surface area contributed by atoms with Crippen molar-refractivity contribution >= 4 is 52.3 Å². The Kier molecular flexibility index (Phi) is 96.4. The molecular formula is C46H112Cl4Mn3N20O4. The van der Waals surface area contributed by atoms with Crippen molar-refractivity contribution in [2.24, 2.45) is 0 Å². The van der Waals surface area contributed by atoms with Gasteiger partial charge in [-0.15, -0.1) is 0 Å². The second kappa shape index (κ2) is 85.7. The number of hydrogen-bond donors (Lipinski definition) is 22. The van der Waals surface area contributed by atoms with E-state index in [1.165, 1.54) is 6.42 Å². The zero-order valence-corrected chi connectivity index (χ0v) is 53.8. The normalized spacial score (nSPS) is 21.3. The summed E-state index contributed by atoms with van der Waals surface area (Å²) in [6.07, 6.45) is 1.21. The maximum atomic E-state index is 9.00. The van der Waals surface area contributed by atoms with E-state index in [4.69, 9.17) is 60.2 Å². The predicted octanol–water partition coefficient (Wildman–Crippen LogP) is -4.50. The minimum atomic E-state index is -0.833. The van der Waals surface area contributed by atoms with Gasteiger partial charge in [0.05, 0.1) is 0 Å². The van der Waals surface area contributed by atoms with Crippen molar-refractivity contribution in [3.05, 3.63) is 0 Å². The Morgan fingerprint density at radius 2 is 0.416 bits per heavy atom. The van der Waals surface area contributed by atoms with Gasteiger partial charge in [0.1, 0.15) is 0 Å². The van der Waals surface area contributed by atoms with Crippen LogP contribution in [-0.4, -0.2) is 283 Å². The molecule has 77 heavy (non-hydrogen) atoms. The van der Waals surface area contributed by atoms with Gasteiger partial charge in [0.25, 0.3) is 11.9 Å². The molecule has 31 heteroatoms. The van der Waals surface area contributed by atoms with Crippen molar-refractivity contribution in [3.8, 4) is 0 Å². The Hall–Kier alpha value is 0.858. The summed E-state index contributed by atoms with van der Waals surface area (Å²) in [6.45, 7) is 45.6. The first-order valence-corrected chi connectivity index (χ1v) is 34.0. The van der Waals surface area contributed by atoms with E-state index in [1.807, 2.05) is 0 Å². The molecule has 0 saturated carbocycles. The number of carboxylic acid groups (broad SMARTS) is 2. The predicted molar refractivity (Wildman–Crippen MR) is 317 cm³/mol. The molecule has 0 unspecified atom stereocenters. The molecule has 0 aromatic heterocycles. The number of aliphatic carboxylic acids is 2. The van der Waals surface area contributed by atoms with E-state index < -0.39 is 11.9 Å². The van der Waals surface area contributed by atoms with E-state index in [9.17, 15) is 0 Å². The first kappa shape index (κ1) is 86.6. The molecule has 0 spiro atoms. The van der Waals surface area contributed by atoms with E-state index >= 15 is 0 Å². The maximum Gasteiger partial charge on any atom is 0 e. The summed E-state index contributed by atoms with van der Waals surface area (Å²) >= 11 is 0.0139. The number of hydrogen-bond acceptors (Lipinski definition) is 22. The van der Waals surface area contributed by atoms with E-state index in [1.54, 1.807) is 0 Å². The average molecular weight is 1320 g/mol. The molecule has 0 aromatic rings. The van der Waals surface area contributed by atoms with E-state index in [2.05, 4.69) is 113 Å². The average Bonchev–Trinajstić information content (AvgIpc) is 3.41. The summed E-state index contributed by atoms with van der Waals surface area (Å²) in [6, 6.07) is 0.546. The standard InChI is InChI=1S/2C11H27N5.2C10H25N5.2C2H4O2.4ClH.3Mn/c1-11-10-15-7-6-13-3-2-12-4-5-14-8-9-16-11;1-2-12-4-6-14-8-10-16-11-9-15-7-5-13-3-1;2*1-2-12-5-6-14-9-10-15-8-7-13-4-3-11-1;2*1-2(3)4;;;;;;;/h11-16H,2-10H2,1H3;12-16H,1-11H2;2*11-15H,1-10H2;2*1H3,(H,3,4);4*1H;;;/q;;;;;;;;;;;2*+2/p-4/t11-;;;;;;;;;;;;/m0............/s1. The second-order valence-electron chi connectivity index (χ2n) is 17.1. The quantitative estimate of drug-likeness (QED) is 0.102. The largest absolute Gasteiger partial charge is 0 e. The summed E-state index contributed by atoms with van der Waals surface area (Å²) in [5.74, 6) is -1.67. The Morgan fingerprint density at radius 1 is 0.299 bits per heavy atom. The number of halogens is 4. The SMILES string of the molecule is C1CNCCNCCNCCNCCN1.C1CNCCNCCNCCNCCN1.C1CNCCNCCNCCNCCNC1.CC(=O)O.CC(=O)O.C[C@H]1CNCCNCCNCCNCCN1.[Cl][Mn][Cl].[Cl][Mn][Cl].[Mn]. The van der Waals surface area contributed by atoms with Crippen LogP contribution in [0.3, 0.4) is 0 Å². The van der Waals surface area contributed by atoms with E-state index in [0.717, 1.165) is 269 Å². The Morgan fingerprint density at radius 3 is 0.571 bits per heavy atom. The van der Waals surface area contributed by atoms with Crippen LogP contribution in [0.5, 0.6) is 0 Å². The van der Waals surface area contributed by atoms with Gasteiger partial charge in [0.15, 0.2) is 0 Å². The molecule has 469 valence electrons. The van der Waals surface area contributed by atoms with Gasteiger partial charge in [-0.1, -0.05) is 0 Å². The molecule has 0 bridgehead atoms. The molecule has 0 aliphatic carbocycles. The van der Waals surface area contributed by atoms with E-state index in [-0.39, 0.29) is 43.3 Å². The molecule has 4 fully saturated rings.